The van der Waals surface area contributed by atoms with E-state index in [9.17, 15) is 0 Å². The molecule has 4 heteroatoms. The Morgan fingerprint density at radius 1 is 0.300 bits per heavy atom. The van der Waals surface area contributed by atoms with E-state index >= 15 is 0 Å². The number of aromatic nitrogens is 2. The molecule has 0 saturated carbocycles. The van der Waals surface area contributed by atoms with Crippen LogP contribution in [-0.2, 0) is 0 Å². The number of rotatable bonds is 6. The highest BCUT2D eigenvalue weighted by atomic mass is 16.3. The number of benzene rings is 9. The third-order valence-electron chi connectivity index (χ3n) is 11.7. The van der Waals surface area contributed by atoms with Crippen LogP contribution < -0.4 is 0 Å². The monoisotopic (exact) mass is 766 g/mol. The van der Waals surface area contributed by atoms with E-state index in [1.54, 1.807) is 0 Å². The Hall–Kier alpha value is -8.08. The fourth-order valence-electron chi connectivity index (χ4n) is 8.94. The normalized spacial score (nSPS) is 11.7. The van der Waals surface area contributed by atoms with Crippen molar-refractivity contribution in [2.75, 3.05) is 0 Å². The summed E-state index contributed by atoms with van der Waals surface area (Å²) in [4.78, 5) is 11.2. The van der Waals surface area contributed by atoms with Crippen LogP contribution in [0.5, 0.6) is 0 Å². The highest BCUT2D eigenvalue weighted by Gasteiger charge is 2.24. The predicted octanol–water partition coefficient (Wildman–Crippen LogP) is 15.4. The molecule has 0 amide bonds. The van der Waals surface area contributed by atoms with Gasteiger partial charge in [0.1, 0.15) is 22.3 Å². The van der Waals surface area contributed by atoms with E-state index in [2.05, 4.69) is 182 Å². The van der Waals surface area contributed by atoms with Crippen LogP contribution in [0.1, 0.15) is 0 Å². The van der Waals surface area contributed by atoms with Gasteiger partial charge in [-0.2, -0.15) is 0 Å². The maximum Gasteiger partial charge on any atom is 0.161 e. The van der Waals surface area contributed by atoms with E-state index in [1.807, 2.05) is 24.3 Å². The second-order valence-corrected chi connectivity index (χ2v) is 15.2. The highest BCUT2D eigenvalue weighted by Crippen LogP contribution is 2.46. The molecule has 12 rings (SSSR count). The van der Waals surface area contributed by atoms with Crippen LogP contribution in [0.4, 0.5) is 0 Å². The summed E-state index contributed by atoms with van der Waals surface area (Å²) in [5.74, 6) is 0.599. The van der Waals surface area contributed by atoms with E-state index in [4.69, 9.17) is 18.8 Å². The van der Waals surface area contributed by atoms with Gasteiger partial charge in [-0.25, -0.2) is 9.97 Å². The van der Waals surface area contributed by atoms with Crippen LogP contribution in [0.25, 0.3) is 122 Å². The maximum absolute atomic E-state index is 6.66. The zero-order valence-electron chi connectivity index (χ0n) is 32.3. The average molecular weight is 767 g/mol. The molecule has 0 unspecified atom stereocenters. The first-order chi connectivity index (χ1) is 29.7. The third-order valence-corrected chi connectivity index (χ3v) is 11.7. The van der Waals surface area contributed by atoms with Crippen molar-refractivity contribution in [1.82, 2.24) is 9.97 Å². The molecule has 0 atom stereocenters. The highest BCUT2D eigenvalue weighted by molar-refractivity contribution is 6.12. The topological polar surface area (TPSA) is 52.1 Å². The fourth-order valence-corrected chi connectivity index (χ4v) is 8.94. The van der Waals surface area contributed by atoms with Gasteiger partial charge in [0.25, 0.3) is 0 Å². The van der Waals surface area contributed by atoms with Gasteiger partial charge in [0.2, 0.25) is 0 Å². The number of para-hydroxylation sites is 4. The van der Waals surface area contributed by atoms with E-state index in [1.165, 1.54) is 0 Å². The lowest BCUT2D eigenvalue weighted by Crippen LogP contribution is -2.00. The number of hydrogen-bond acceptors (Lipinski definition) is 4. The number of nitrogens with zero attached hydrogens (tertiary/aromatic N) is 2. The molecule has 3 aromatic heterocycles. The lowest BCUT2D eigenvalue weighted by atomic mass is 9.85. The number of furan rings is 2. The van der Waals surface area contributed by atoms with Gasteiger partial charge in [0.05, 0.1) is 11.4 Å². The zero-order valence-corrected chi connectivity index (χ0v) is 32.3. The summed E-state index contributed by atoms with van der Waals surface area (Å²) < 4.78 is 13.3. The molecule has 0 bridgehead atoms. The summed E-state index contributed by atoms with van der Waals surface area (Å²) in [7, 11) is 0. The third kappa shape index (κ3) is 5.53. The first-order valence-corrected chi connectivity index (χ1v) is 20.2. The average Bonchev–Trinajstić information content (AvgIpc) is 3.90. The molecule has 9 aromatic carbocycles. The van der Waals surface area contributed by atoms with Crippen molar-refractivity contribution >= 4 is 54.6 Å². The molecule has 0 saturated heterocycles. The Kier molecular flexibility index (Phi) is 7.82. The summed E-state index contributed by atoms with van der Waals surface area (Å²) in [6.45, 7) is 0. The lowest BCUT2D eigenvalue weighted by molar-refractivity contribution is 0.669. The number of hydrogen-bond donors (Lipinski definition) is 0. The van der Waals surface area contributed by atoms with E-state index in [0.29, 0.717) is 5.82 Å². The van der Waals surface area contributed by atoms with Gasteiger partial charge < -0.3 is 8.83 Å². The predicted molar refractivity (Wildman–Crippen MR) is 247 cm³/mol. The molecule has 4 nitrogen and oxygen atoms in total. The second-order valence-electron chi connectivity index (χ2n) is 15.2. The smallest absolute Gasteiger partial charge is 0.161 e. The van der Waals surface area contributed by atoms with Crippen LogP contribution >= 0.6 is 0 Å². The molecular formula is C56H34N2O2. The van der Waals surface area contributed by atoms with Crippen LogP contribution in [-0.4, -0.2) is 9.97 Å². The summed E-state index contributed by atoms with van der Waals surface area (Å²) in [6.07, 6.45) is 0. The molecule has 3 heterocycles. The van der Waals surface area contributed by atoms with Crippen molar-refractivity contribution < 1.29 is 8.83 Å². The van der Waals surface area contributed by atoms with Crippen LogP contribution in [0.2, 0.25) is 0 Å². The van der Waals surface area contributed by atoms with Crippen molar-refractivity contribution in [3.63, 3.8) is 0 Å². The molecule has 60 heavy (non-hydrogen) atoms. The molecule has 280 valence electrons. The minimum Gasteiger partial charge on any atom is -0.455 e. The second kappa shape index (κ2) is 13.8. The largest absolute Gasteiger partial charge is 0.455 e. The maximum atomic E-state index is 6.66. The Balaban J connectivity index is 1.22. The first-order valence-electron chi connectivity index (χ1n) is 20.2. The van der Waals surface area contributed by atoms with Gasteiger partial charge in [-0.3, -0.25) is 0 Å². The zero-order chi connectivity index (χ0) is 39.6. The molecule has 12 aromatic rings. The molecule has 0 fully saturated rings. The molecule has 0 aliphatic heterocycles. The standard InChI is InChI=1S/C56H34N2O2/c1-3-16-35(17-4-1)38-32-47(37-18-5-2-6-19-37)53(42-25-13-21-36-20-7-8-22-39(36)42)48(33-38)56-57-49(45-28-14-26-43-40-23-9-11-30-51(40)59-54(43)45)34-50(58-56)46-29-15-27-44-41-24-10-12-31-52(41)60-55(44)46/h1-34H. The van der Waals surface area contributed by atoms with E-state index < -0.39 is 0 Å². The number of fused-ring (bicyclic) bond motifs is 7. The Morgan fingerprint density at radius 2 is 0.767 bits per heavy atom. The van der Waals surface area contributed by atoms with Crippen LogP contribution in [0.3, 0.4) is 0 Å². The van der Waals surface area contributed by atoms with Gasteiger partial charge >= 0.3 is 0 Å². The quantitative estimate of drug-likeness (QED) is 0.169. The minimum atomic E-state index is 0.599. The van der Waals surface area contributed by atoms with Crippen molar-refractivity contribution in [1.29, 1.82) is 0 Å². The van der Waals surface area contributed by atoms with E-state index in [-0.39, 0.29) is 0 Å². The molecule has 0 aliphatic rings. The van der Waals surface area contributed by atoms with Gasteiger partial charge in [0, 0.05) is 43.8 Å². The molecular weight excluding hydrogens is 733 g/mol. The summed E-state index contributed by atoms with van der Waals surface area (Å²) in [5.41, 5.74) is 14.0. The minimum absolute atomic E-state index is 0.599. The van der Waals surface area contributed by atoms with Crippen molar-refractivity contribution in [2.24, 2.45) is 0 Å². The summed E-state index contributed by atoms with van der Waals surface area (Å²) in [6, 6.07) is 72.1. The van der Waals surface area contributed by atoms with Crippen LogP contribution in [0, 0.1) is 0 Å². The molecule has 0 aliphatic carbocycles. The SMILES string of the molecule is c1ccc(-c2cc(-c3ccccc3)c(-c3cccc4ccccc34)c(-c3nc(-c4cccc5c4oc4ccccc45)cc(-c4cccc5c4oc4ccccc45)n3)c2)cc1. The first kappa shape index (κ1) is 34.0. The fraction of sp³-hybridized carbons (Fsp3) is 0. The van der Waals surface area contributed by atoms with Gasteiger partial charge in [0.15, 0.2) is 5.82 Å². The van der Waals surface area contributed by atoms with Crippen molar-refractivity contribution in [3.8, 4) is 67.3 Å². The van der Waals surface area contributed by atoms with Crippen molar-refractivity contribution in [3.05, 3.63) is 206 Å². The Morgan fingerprint density at radius 3 is 1.40 bits per heavy atom. The van der Waals surface area contributed by atoms with Crippen LogP contribution in [0.15, 0.2) is 215 Å². The van der Waals surface area contributed by atoms with Gasteiger partial charge in [-0.15, -0.1) is 0 Å². The summed E-state index contributed by atoms with van der Waals surface area (Å²) in [5, 5.41) is 6.53. The summed E-state index contributed by atoms with van der Waals surface area (Å²) >= 11 is 0. The molecule has 0 radical (unpaired) electrons. The molecule has 0 spiro atoms. The van der Waals surface area contributed by atoms with Gasteiger partial charge in [-0.05, 0) is 81.1 Å². The van der Waals surface area contributed by atoms with E-state index in [0.717, 1.165) is 116 Å². The Bertz CT molecular complexity index is 3460. The lowest BCUT2D eigenvalue weighted by Gasteiger charge is -2.20. The van der Waals surface area contributed by atoms with Gasteiger partial charge in [-0.1, -0.05) is 164 Å². The van der Waals surface area contributed by atoms with Crippen molar-refractivity contribution in [2.45, 2.75) is 0 Å². The Labute approximate surface area is 345 Å². The molecule has 0 N–H and O–H groups in total.